The van der Waals surface area contributed by atoms with E-state index in [4.69, 9.17) is 4.74 Å². The minimum atomic E-state index is 0.0131. The third kappa shape index (κ3) is 10.3. The Morgan fingerprint density at radius 1 is 0.750 bits per heavy atom. The van der Waals surface area contributed by atoms with E-state index in [1.807, 2.05) is 0 Å². The maximum Gasteiger partial charge on any atom is 0.305 e. The van der Waals surface area contributed by atoms with Crippen molar-refractivity contribution in [3.8, 4) is 0 Å². The van der Waals surface area contributed by atoms with Crippen molar-refractivity contribution < 1.29 is 9.53 Å². The minimum Gasteiger partial charge on any atom is -0.466 e. The highest BCUT2D eigenvalue weighted by Crippen LogP contribution is 2.18. The number of carbonyl (C=O) groups excluding carboxylic acids is 1. The van der Waals surface area contributed by atoms with Gasteiger partial charge in [-0.15, -0.1) is 0 Å². The van der Waals surface area contributed by atoms with Crippen molar-refractivity contribution in [2.75, 3.05) is 6.61 Å². The first kappa shape index (κ1) is 17.5. The first-order chi connectivity index (χ1) is 9.79. The van der Waals surface area contributed by atoms with Gasteiger partial charge in [-0.2, -0.15) is 0 Å². The van der Waals surface area contributed by atoms with Crippen molar-refractivity contribution in [3.05, 3.63) is 0 Å². The van der Waals surface area contributed by atoms with Crippen LogP contribution in [0, 0.1) is 5.92 Å². The Bertz CT molecular complexity index is 238. The summed E-state index contributed by atoms with van der Waals surface area (Å²) in [6.07, 6.45) is 17.3. The molecule has 0 bridgehead atoms. The third-order valence-electron chi connectivity index (χ3n) is 4.43. The molecule has 0 spiro atoms. The topological polar surface area (TPSA) is 26.3 Å². The van der Waals surface area contributed by atoms with E-state index in [-0.39, 0.29) is 5.97 Å². The smallest absolute Gasteiger partial charge is 0.305 e. The van der Waals surface area contributed by atoms with Gasteiger partial charge in [0, 0.05) is 6.42 Å². The van der Waals surface area contributed by atoms with Crippen molar-refractivity contribution in [2.45, 2.75) is 96.8 Å². The molecule has 2 heteroatoms. The molecular weight excluding hydrogens is 248 g/mol. The summed E-state index contributed by atoms with van der Waals surface area (Å²) in [5.74, 6) is 0.875. The molecule has 0 radical (unpaired) electrons. The van der Waals surface area contributed by atoms with Crippen molar-refractivity contribution >= 4 is 5.97 Å². The first-order valence-corrected chi connectivity index (χ1v) is 8.94. The third-order valence-corrected chi connectivity index (χ3v) is 4.43. The van der Waals surface area contributed by atoms with E-state index in [0.717, 1.165) is 18.8 Å². The predicted octanol–water partition coefficient (Wildman–Crippen LogP) is 5.64. The van der Waals surface area contributed by atoms with Crippen LogP contribution >= 0.6 is 0 Å². The number of hydrogen-bond donors (Lipinski definition) is 0. The first-order valence-electron chi connectivity index (χ1n) is 8.94. The Balaban J connectivity index is 2.18. The number of cyclic esters (lactones) is 1. The summed E-state index contributed by atoms with van der Waals surface area (Å²) in [6, 6.07) is 0. The van der Waals surface area contributed by atoms with E-state index >= 15 is 0 Å². The van der Waals surface area contributed by atoms with Crippen LogP contribution < -0.4 is 0 Å². The van der Waals surface area contributed by atoms with Crippen LogP contribution in [0.2, 0.25) is 0 Å². The molecule has 1 atom stereocenters. The molecule has 0 aromatic rings. The number of hydrogen-bond acceptors (Lipinski definition) is 2. The van der Waals surface area contributed by atoms with Crippen LogP contribution in [0.3, 0.4) is 0 Å². The van der Waals surface area contributed by atoms with E-state index in [1.54, 1.807) is 0 Å². The van der Waals surface area contributed by atoms with Crippen LogP contribution in [-0.4, -0.2) is 12.6 Å². The number of rotatable bonds is 0. The molecule has 20 heavy (non-hydrogen) atoms. The lowest BCUT2D eigenvalue weighted by Gasteiger charge is -2.11. The molecule has 0 N–H and O–H groups in total. The molecule has 118 valence electrons. The van der Waals surface area contributed by atoms with Gasteiger partial charge in [-0.05, 0) is 18.8 Å². The zero-order valence-electron chi connectivity index (χ0n) is 13.5. The zero-order valence-corrected chi connectivity index (χ0v) is 13.5. The molecule has 0 saturated carbocycles. The van der Waals surface area contributed by atoms with Crippen LogP contribution in [-0.2, 0) is 9.53 Å². The van der Waals surface area contributed by atoms with Gasteiger partial charge < -0.3 is 4.74 Å². The quantitative estimate of drug-likeness (QED) is 0.537. The fourth-order valence-electron chi connectivity index (χ4n) is 3.00. The Morgan fingerprint density at radius 3 is 1.90 bits per heavy atom. The Hall–Kier alpha value is -0.530. The second-order valence-corrected chi connectivity index (χ2v) is 6.54. The molecular formula is C18H34O2. The number of ether oxygens (including phenoxy) is 1. The summed E-state index contributed by atoms with van der Waals surface area (Å²) >= 11 is 0. The van der Waals surface area contributed by atoms with Gasteiger partial charge in [-0.3, -0.25) is 4.79 Å². The fraction of sp³-hybridized carbons (Fsp3) is 0.944. The molecule has 0 unspecified atom stereocenters. The maximum atomic E-state index is 11.5. The van der Waals surface area contributed by atoms with Gasteiger partial charge in [0.1, 0.15) is 0 Å². The van der Waals surface area contributed by atoms with Gasteiger partial charge in [0.2, 0.25) is 0 Å². The summed E-state index contributed by atoms with van der Waals surface area (Å²) in [6.45, 7) is 3.02. The van der Waals surface area contributed by atoms with Crippen molar-refractivity contribution in [2.24, 2.45) is 5.92 Å². The van der Waals surface area contributed by atoms with E-state index in [9.17, 15) is 4.79 Å². The summed E-state index contributed by atoms with van der Waals surface area (Å²) < 4.78 is 5.27. The van der Waals surface area contributed by atoms with Gasteiger partial charge in [0.05, 0.1) is 6.61 Å². The molecule has 0 aliphatic carbocycles. The van der Waals surface area contributed by atoms with E-state index in [2.05, 4.69) is 6.92 Å². The molecule has 0 aromatic carbocycles. The molecule has 0 amide bonds. The molecule has 2 nitrogen and oxygen atoms in total. The van der Waals surface area contributed by atoms with Gasteiger partial charge in [-0.25, -0.2) is 0 Å². The van der Waals surface area contributed by atoms with Crippen LogP contribution in [0.15, 0.2) is 0 Å². The highest BCUT2D eigenvalue weighted by molar-refractivity contribution is 5.69. The summed E-state index contributed by atoms with van der Waals surface area (Å²) in [5.41, 5.74) is 0. The van der Waals surface area contributed by atoms with Gasteiger partial charge >= 0.3 is 5.97 Å². The minimum absolute atomic E-state index is 0.0131. The standard InChI is InChI=1S/C18H34O2/c1-17-13-9-6-4-2-3-5-7-12-16-20-18(19)15-11-8-10-14-17/h17H,2-16H2,1H3/t17-/m0/s1. The molecule has 1 saturated heterocycles. The Labute approximate surface area is 125 Å². The van der Waals surface area contributed by atoms with Crippen LogP contribution in [0.4, 0.5) is 0 Å². The monoisotopic (exact) mass is 282 g/mol. The van der Waals surface area contributed by atoms with E-state index < -0.39 is 0 Å². The summed E-state index contributed by atoms with van der Waals surface area (Å²) in [4.78, 5) is 11.5. The van der Waals surface area contributed by atoms with E-state index in [0.29, 0.717) is 13.0 Å². The summed E-state index contributed by atoms with van der Waals surface area (Å²) in [7, 11) is 0. The lowest BCUT2D eigenvalue weighted by molar-refractivity contribution is -0.143. The van der Waals surface area contributed by atoms with E-state index in [1.165, 1.54) is 70.6 Å². The lowest BCUT2D eigenvalue weighted by Crippen LogP contribution is -2.05. The highest BCUT2D eigenvalue weighted by atomic mass is 16.5. The van der Waals surface area contributed by atoms with Gasteiger partial charge in [0.15, 0.2) is 0 Å². The van der Waals surface area contributed by atoms with Gasteiger partial charge in [0.25, 0.3) is 0 Å². The van der Waals surface area contributed by atoms with Gasteiger partial charge in [-0.1, -0.05) is 77.6 Å². The normalized spacial score (nSPS) is 26.2. The predicted molar refractivity (Wildman–Crippen MR) is 84.8 cm³/mol. The molecule has 0 aromatic heterocycles. The molecule has 1 aliphatic rings. The average Bonchev–Trinajstić information content (AvgIpc) is 2.43. The second kappa shape index (κ2) is 12.2. The zero-order chi connectivity index (χ0) is 14.5. The molecule has 1 rings (SSSR count). The number of esters is 1. The second-order valence-electron chi connectivity index (χ2n) is 6.54. The highest BCUT2D eigenvalue weighted by Gasteiger charge is 2.05. The molecule has 1 heterocycles. The van der Waals surface area contributed by atoms with Crippen molar-refractivity contribution in [1.82, 2.24) is 0 Å². The van der Waals surface area contributed by atoms with Crippen molar-refractivity contribution in [3.63, 3.8) is 0 Å². The largest absolute Gasteiger partial charge is 0.466 e. The lowest BCUT2D eigenvalue weighted by atomic mass is 9.96. The van der Waals surface area contributed by atoms with Crippen LogP contribution in [0.25, 0.3) is 0 Å². The maximum absolute atomic E-state index is 11.5. The Morgan fingerprint density at radius 2 is 1.25 bits per heavy atom. The molecule has 1 fully saturated rings. The van der Waals surface area contributed by atoms with Crippen LogP contribution in [0.1, 0.15) is 96.8 Å². The molecule has 1 aliphatic heterocycles. The Kier molecular flexibility index (Phi) is 10.7. The van der Waals surface area contributed by atoms with Crippen molar-refractivity contribution in [1.29, 1.82) is 0 Å². The number of carbonyl (C=O) groups is 1. The summed E-state index contributed by atoms with van der Waals surface area (Å²) in [5, 5.41) is 0. The van der Waals surface area contributed by atoms with Crippen LogP contribution in [0.5, 0.6) is 0 Å². The SMILES string of the molecule is C[C@H]1CCCCCCCCCCOC(=O)CCCCC1. The average molecular weight is 282 g/mol. The fourth-order valence-corrected chi connectivity index (χ4v) is 3.00.